The van der Waals surface area contributed by atoms with Crippen molar-refractivity contribution in [3.63, 3.8) is 0 Å². The number of methoxy groups -OCH3 is 1. The van der Waals surface area contributed by atoms with E-state index in [2.05, 4.69) is 42.7 Å². The first-order valence-corrected chi connectivity index (χ1v) is 13.8. The van der Waals surface area contributed by atoms with Crippen molar-refractivity contribution in [2.45, 2.75) is 5.75 Å². The molecule has 0 heterocycles. The van der Waals surface area contributed by atoms with Gasteiger partial charge in [-0.25, -0.2) is 0 Å². The van der Waals surface area contributed by atoms with Crippen LogP contribution in [0.4, 0.5) is 16.9 Å². The zero-order valence-corrected chi connectivity index (χ0v) is 16.2. The van der Waals surface area contributed by atoms with E-state index in [1.807, 2.05) is 23.9 Å². The molecule has 136 valence electrons. The van der Waals surface area contributed by atoms with Crippen LogP contribution >= 0.6 is 11.8 Å². The molecular weight excluding hydrogens is 464 g/mol. The molecule has 2 aromatic carbocycles. The summed E-state index contributed by atoms with van der Waals surface area (Å²) in [5, 5.41) is 0. The Morgan fingerprint density at radius 3 is 1.54 bits per heavy atom. The Morgan fingerprint density at radius 2 is 1.21 bits per heavy atom. The van der Waals surface area contributed by atoms with Gasteiger partial charge in [0.1, 0.15) is 5.75 Å². The van der Waals surface area contributed by atoms with Crippen LogP contribution in [0, 0.1) is 0 Å². The van der Waals surface area contributed by atoms with Gasteiger partial charge < -0.3 is 4.74 Å². The minimum atomic E-state index is -11.2. The van der Waals surface area contributed by atoms with Crippen molar-refractivity contribution >= 4 is 31.2 Å². The predicted octanol–water partition coefficient (Wildman–Crippen LogP) is 6.48. The molecule has 9 heteroatoms. The number of ether oxygens (including phenoxy) is 1. The van der Waals surface area contributed by atoms with Crippen molar-refractivity contribution in [1.82, 2.24) is 0 Å². The van der Waals surface area contributed by atoms with Gasteiger partial charge in [-0.3, -0.25) is 0 Å². The third kappa shape index (κ3) is 10.7. The molecular formula is C15H17F6OSSb. The van der Waals surface area contributed by atoms with E-state index in [4.69, 9.17) is 4.74 Å². The fraction of sp³-hybridized carbons (Fsp3) is 0.200. The molecule has 0 bridgehead atoms. The molecule has 0 saturated heterocycles. The van der Waals surface area contributed by atoms with Gasteiger partial charge in [-0.1, -0.05) is 36.4 Å². The number of benzene rings is 2. The molecule has 0 spiro atoms. The number of rotatable bonds is 4. The van der Waals surface area contributed by atoms with E-state index in [9.17, 15) is 16.9 Å². The van der Waals surface area contributed by atoms with E-state index in [1.54, 1.807) is 7.11 Å². The van der Waals surface area contributed by atoms with E-state index < -0.39 is 19.5 Å². The van der Waals surface area contributed by atoms with Gasteiger partial charge in [-0.2, -0.15) is 11.8 Å². The molecule has 0 amide bonds. The smallest absolute Gasteiger partial charge is 1.00 e. The molecule has 0 N–H and O–H groups in total. The standard InChI is InChI=1S/C15H16OS.6FH.Sb/c1-16-15-9-7-14(8-10-15)13-5-3-12(4-6-13)11-17-2;;;;;;;/h3-10H,11H2,1-2H3;6*1H;/q;;;;;;;+5/p-5. The van der Waals surface area contributed by atoms with E-state index in [-0.39, 0.29) is 1.43 Å². The van der Waals surface area contributed by atoms with Gasteiger partial charge in [0.05, 0.1) is 7.11 Å². The maximum absolute atomic E-state index is 11.2. The molecule has 0 unspecified atom stereocenters. The molecule has 2 aromatic rings. The Kier molecular flexibility index (Phi) is 6.20. The van der Waals surface area contributed by atoms with Crippen LogP contribution in [0.5, 0.6) is 5.75 Å². The fourth-order valence-corrected chi connectivity index (χ4v) is 2.27. The SMILES string of the molecule is COc1ccc(-c2ccc(CSC)cc2)cc1.[F][Sb-]([F])([F])([F])([F])[F].[H+]. The molecule has 0 aliphatic rings. The van der Waals surface area contributed by atoms with Crippen LogP contribution < -0.4 is 4.74 Å². The summed E-state index contributed by atoms with van der Waals surface area (Å²) in [5.74, 6) is 1.97. The van der Waals surface area contributed by atoms with Crippen LogP contribution in [0.15, 0.2) is 48.5 Å². The zero-order valence-electron chi connectivity index (χ0n) is 13.9. The Balaban J connectivity index is 0.000000620. The van der Waals surface area contributed by atoms with Crippen LogP contribution in [0.2, 0.25) is 0 Å². The largest absolute Gasteiger partial charge is 1.00 e. The van der Waals surface area contributed by atoms with E-state index in [0.717, 1.165) is 11.5 Å². The van der Waals surface area contributed by atoms with Crippen molar-refractivity contribution in [3.8, 4) is 16.9 Å². The van der Waals surface area contributed by atoms with Gasteiger partial charge in [-0.05, 0) is 35.1 Å². The van der Waals surface area contributed by atoms with Crippen LogP contribution in [0.25, 0.3) is 11.1 Å². The van der Waals surface area contributed by atoms with Crippen LogP contribution in [0.3, 0.4) is 0 Å². The Morgan fingerprint density at radius 1 is 0.833 bits per heavy atom. The Hall–Kier alpha value is -1.01. The predicted molar refractivity (Wildman–Crippen MR) is 89.2 cm³/mol. The van der Waals surface area contributed by atoms with Crippen LogP contribution in [-0.4, -0.2) is 32.8 Å². The topological polar surface area (TPSA) is 9.23 Å². The molecule has 1 nitrogen and oxygen atoms in total. The molecule has 0 fully saturated rings. The van der Waals surface area contributed by atoms with Gasteiger partial charge in [0.25, 0.3) is 0 Å². The molecule has 24 heavy (non-hydrogen) atoms. The second kappa shape index (κ2) is 7.08. The number of halogens is 6. The molecule has 0 saturated carbocycles. The third-order valence-corrected chi connectivity index (χ3v) is 3.31. The fourth-order valence-electron chi connectivity index (χ4n) is 1.74. The van der Waals surface area contributed by atoms with Crippen molar-refractivity contribution in [2.75, 3.05) is 13.4 Å². The summed E-state index contributed by atoms with van der Waals surface area (Å²) < 4.78 is 64.7. The molecule has 0 radical (unpaired) electrons. The van der Waals surface area contributed by atoms with Gasteiger partial charge in [0.15, 0.2) is 0 Å². The van der Waals surface area contributed by atoms with Gasteiger partial charge in [-0.15, -0.1) is 0 Å². The van der Waals surface area contributed by atoms with Crippen molar-refractivity contribution in [1.29, 1.82) is 0 Å². The second-order valence-corrected chi connectivity index (χ2v) is 11.2. The van der Waals surface area contributed by atoms with E-state index >= 15 is 0 Å². The quantitative estimate of drug-likeness (QED) is 0.366. The van der Waals surface area contributed by atoms with Crippen molar-refractivity contribution in [3.05, 3.63) is 54.1 Å². The number of hydrogen-bond donors (Lipinski definition) is 0. The minimum absolute atomic E-state index is 0. The normalized spacial score (nSPS) is 14.0. The monoisotopic (exact) mass is 480 g/mol. The molecule has 2 rings (SSSR count). The van der Waals surface area contributed by atoms with Crippen molar-refractivity contribution in [2.24, 2.45) is 0 Å². The first-order chi connectivity index (χ1) is 10.8. The summed E-state index contributed by atoms with van der Waals surface area (Å²) in [6.07, 6.45) is 2.12. The molecule has 0 aliphatic carbocycles. The van der Waals surface area contributed by atoms with E-state index in [1.165, 1.54) is 16.7 Å². The molecule has 0 atom stereocenters. The maximum Gasteiger partial charge on any atom is 1.00 e. The second-order valence-electron chi connectivity index (χ2n) is 4.82. The summed E-state index contributed by atoms with van der Waals surface area (Å²) in [6.45, 7) is 0. The summed E-state index contributed by atoms with van der Waals surface area (Å²) in [7, 11) is 1.69. The average Bonchev–Trinajstić information content (AvgIpc) is 2.45. The molecule has 0 aliphatic heterocycles. The van der Waals surface area contributed by atoms with Gasteiger partial charge in [0.2, 0.25) is 0 Å². The summed E-state index contributed by atoms with van der Waals surface area (Å²) in [6, 6.07) is 16.9. The third-order valence-electron chi connectivity index (χ3n) is 2.69. The van der Waals surface area contributed by atoms with Gasteiger partial charge in [0, 0.05) is 5.75 Å². The summed E-state index contributed by atoms with van der Waals surface area (Å²) >= 11 is -9.41. The molecule has 0 aromatic heterocycles. The average molecular weight is 481 g/mol. The summed E-state index contributed by atoms with van der Waals surface area (Å²) in [4.78, 5) is 0. The van der Waals surface area contributed by atoms with Crippen LogP contribution in [-0.2, 0) is 5.75 Å². The first kappa shape index (κ1) is 21.0. The van der Waals surface area contributed by atoms with Crippen molar-refractivity contribution < 1.29 is 23.0 Å². The van der Waals surface area contributed by atoms with Crippen LogP contribution in [0.1, 0.15) is 6.99 Å². The number of thioether (sulfide) groups is 1. The Bertz CT molecular complexity index is 648. The Labute approximate surface area is 144 Å². The first-order valence-electron chi connectivity index (χ1n) is 6.57. The summed E-state index contributed by atoms with van der Waals surface area (Å²) in [5.41, 5.74) is 3.84. The maximum atomic E-state index is 9.93. The minimum Gasteiger partial charge on any atom is 1.00 e. The van der Waals surface area contributed by atoms with E-state index in [0.29, 0.717) is 0 Å². The van der Waals surface area contributed by atoms with Gasteiger partial charge >= 0.3 is 37.8 Å². The number of hydrogen-bond acceptors (Lipinski definition) is 2. The zero-order chi connectivity index (χ0) is 18.5.